The fourth-order valence-corrected chi connectivity index (χ4v) is 3.74. The summed E-state index contributed by atoms with van der Waals surface area (Å²) in [5.74, 6) is 1.16. The van der Waals surface area contributed by atoms with E-state index >= 15 is 0 Å². The van der Waals surface area contributed by atoms with Gasteiger partial charge in [0.1, 0.15) is 5.69 Å². The number of amides is 1. The summed E-state index contributed by atoms with van der Waals surface area (Å²) in [4.78, 5) is 27.1. The van der Waals surface area contributed by atoms with E-state index in [1.54, 1.807) is 18.6 Å². The Kier molecular flexibility index (Phi) is 4.23. The molecule has 2 aliphatic rings. The molecule has 3 heterocycles. The second kappa shape index (κ2) is 6.67. The normalized spacial score (nSPS) is 22.8. The van der Waals surface area contributed by atoms with E-state index in [1.165, 1.54) is 25.7 Å². The van der Waals surface area contributed by atoms with Crippen LogP contribution < -0.4 is 0 Å². The molecule has 7 heteroatoms. The maximum absolute atomic E-state index is 12.5. The monoisotopic (exact) mass is 327 g/mol. The third-order valence-electron chi connectivity index (χ3n) is 5.01. The molecule has 2 aromatic heterocycles. The standard InChI is InChI=1S/C17H21N5O2/c23-15-9-12(11-22(15)13-5-3-1-2-4-6-13)17-20-16(21-24-17)14-10-18-7-8-19-14/h7-8,10,12-13H,1-6,9,11H2. The predicted octanol–water partition coefficient (Wildman–Crippen LogP) is 2.57. The van der Waals surface area contributed by atoms with Crippen LogP contribution in [-0.2, 0) is 4.79 Å². The zero-order valence-electron chi connectivity index (χ0n) is 13.6. The van der Waals surface area contributed by atoms with E-state index in [-0.39, 0.29) is 11.8 Å². The van der Waals surface area contributed by atoms with Gasteiger partial charge in [0.15, 0.2) is 0 Å². The van der Waals surface area contributed by atoms with Crippen LogP contribution in [0.1, 0.15) is 56.8 Å². The molecule has 0 bridgehead atoms. The van der Waals surface area contributed by atoms with Crippen LogP contribution in [0.3, 0.4) is 0 Å². The summed E-state index contributed by atoms with van der Waals surface area (Å²) >= 11 is 0. The molecule has 1 amide bonds. The van der Waals surface area contributed by atoms with Crippen LogP contribution in [-0.4, -0.2) is 43.5 Å². The van der Waals surface area contributed by atoms with Gasteiger partial charge < -0.3 is 9.42 Å². The summed E-state index contributed by atoms with van der Waals surface area (Å²) in [6.07, 6.45) is 12.5. The lowest BCUT2D eigenvalue weighted by Crippen LogP contribution is -2.36. The summed E-state index contributed by atoms with van der Waals surface area (Å²) in [5, 5.41) is 3.99. The zero-order chi connectivity index (χ0) is 16.4. The van der Waals surface area contributed by atoms with Gasteiger partial charge in [-0.2, -0.15) is 4.98 Å². The van der Waals surface area contributed by atoms with Gasteiger partial charge in [-0.05, 0) is 12.8 Å². The highest BCUT2D eigenvalue weighted by atomic mass is 16.5. The Labute approximate surface area is 140 Å². The van der Waals surface area contributed by atoms with E-state index in [0.29, 0.717) is 36.4 Å². The van der Waals surface area contributed by atoms with Crippen molar-refractivity contribution in [2.75, 3.05) is 6.54 Å². The van der Waals surface area contributed by atoms with Crippen molar-refractivity contribution in [1.82, 2.24) is 25.0 Å². The Bertz CT molecular complexity index is 694. The summed E-state index contributed by atoms with van der Waals surface area (Å²) < 4.78 is 5.40. The number of carbonyl (C=O) groups excluding carboxylic acids is 1. The Balaban J connectivity index is 1.48. The van der Waals surface area contributed by atoms with Gasteiger partial charge in [0.05, 0.1) is 12.1 Å². The van der Waals surface area contributed by atoms with E-state index < -0.39 is 0 Å². The van der Waals surface area contributed by atoms with Gasteiger partial charge in [0.2, 0.25) is 17.6 Å². The number of carbonyl (C=O) groups is 1. The molecule has 0 aromatic carbocycles. The number of hydrogen-bond donors (Lipinski definition) is 0. The quantitative estimate of drug-likeness (QED) is 0.806. The van der Waals surface area contributed by atoms with Gasteiger partial charge in [-0.1, -0.05) is 30.8 Å². The lowest BCUT2D eigenvalue weighted by Gasteiger charge is -2.26. The second-order valence-corrected chi connectivity index (χ2v) is 6.64. The molecule has 1 unspecified atom stereocenters. The van der Waals surface area contributed by atoms with Gasteiger partial charge in [0, 0.05) is 31.4 Å². The average molecular weight is 327 g/mol. The Morgan fingerprint density at radius 1 is 1.12 bits per heavy atom. The van der Waals surface area contributed by atoms with Crippen molar-refractivity contribution in [3.63, 3.8) is 0 Å². The average Bonchev–Trinajstić information content (AvgIpc) is 3.15. The number of likely N-dealkylation sites (tertiary alicyclic amines) is 1. The van der Waals surface area contributed by atoms with E-state index in [4.69, 9.17) is 4.52 Å². The van der Waals surface area contributed by atoms with Crippen molar-refractivity contribution in [3.8, 4) is 11.5 Å². The Morgan fingerprint density at radius 2 is 1.96 bits per heavy atom. The van der Waals surface area contributed by atoms with Crippen molar-refractivity contribution in [2.45, 2.75) is 56.9 Å². The van der Waals surface area contributed by atoms with E-state index in [1.807, 2.05) is 4.90 Å². The minimum Gasteiger partial charge on any atom is -0.339 e. The zero-order valence-corrected chi connectivity index (χ0v) is 13.6. The van der Waals surface area contributed by atoms with Crippen molar-refractivity contribution in [2.24, 2.45) is 0 Å². The van der Waals surface area contributed by atoms with Gasteiger partial charge >= 0.3 is 0 Å². The van der Waals surface area contributed by atoms with Crippen molar-refractivity contribution in [3.05, 3.63) is 24.5 Å². The van der Waals surface area contributed by atoms with E-state index in [0.717, 1.165) is 12.8 Å². The molecule has 4 rings (SSSR count). The topological polar surface area (TPSA) is 85.0 Å². The molecule has 0 spiro atoms. The highest BCUT2D eigenvalue weighted by Crippen LogP contribution is 2.33. The molecule has 1 aliphatic heterocycles. The molecule has 1 saturated heterocycles. The molecular weight excluding hydrogens is 306 g/mol. The van der Waals surface area contributed by atoms with Gasteiger partial charge in [-0.3, -0.25) is 9.78 Å². The summed E-state index contributed by atoms with van der Waals surface area (Å²) in [7, 11) is 0. The first-order chi connectivity index (χ1) is 11.8. The first-order valence-corrected chi connectivity index (χ1v) is 8.71. The Hall–Kier alpha value is -2.31. The molecular formula is C17H21N5O2. The van der Waals surface area contributed by atoms with Crippen LogP contribution in [0.4, 0.5) is 0 Å². The molecule has 24 heavy (non-hydrogen) atoms. The molecule has 2 aromatic rings. The van der Waals surface area contributed by atoms with E-state index in [9.17, 15) is 4.79 Å². The lowest BCUT2D eigenvalue weighted by atomic mass is 10.1. The molecule has 0 radical (unpaired) electrons. The largest absolute Gasteiger partial charge is 0.339 e. The first-order valence-electron chi connectivity index (χ1n) is 8.71. The third kappa shape index (κ3) is 3.02. The maximum Gasteiger partial charge on any atom is 0.232 e. The fraction of sp³-hybridized carbons (Fsp3) is 0.588. The highest BCUT2D eigenvalue weighted by Gasteiger charge is 2.37. The third-order valence-corrected chi connectivity index (χ3v) is 5.01. The van der Waals surface area contributed by atoms with Crippen LogP contribution in [0.2, 0.25) is 0 Å². The predicted molar refractivity (Wildman–Crippen MR) is 85.9 cm³/mol. The number of rotatable bonds is 3. The lowest BCUT2D eigenvalue weighted by molar-refractivity contribution is -0.129. The maximum atomic E-state index is 12.5. The van der Waals surface area contributed by atoms with E-state index in [2.05, 4.69) is 20.1 Å². The van der Waals surface area contributed by atoms with Crippen LogP contribution in [0.15, 0.2) is 23.1 Å². The SMILES string of the molecule is O=C1CC(c2nc(-c3cnccn3)no2)CN1C1CCCCCC1. The summed E-state index contributed by atoms with van der Waals surface area (Å²) in [6.45, 7) is 0.686. The van der Waals surface area contributed by atoms with Crippen molar-refractivity contribution < 1.29 is 9.32 Å². The van der Waals surface area contributed by atoms with Gasteiger partial charge in [0.25, 0.3) is 0 Å². The molecule has 1 aliphatic carbocycles. The molecule has 7 nitrogen and oxygen atoms in total. The van der Waals surface area contributed by atoms with Crippen LogP contribution in [0.5, 0.6) is 0 Å². The van der Waals surface area contributed by atoms with Crippen LogP contribution in [0, 0.1) is 0 Å². The number of nitrogens with zero attached hydrogens (tertiary/aromatic N) is 5. The number of aromatic nitrogens is 4. The first kappa shape index (κ1) is 15.2. The Morgan fingerprint density at radius 3 is 2.71 bits per heavy atom. The summed E-state index contributed by atoms with van der Waals surface area (Å²) in [6, 6.07) is 0.382. The molecule has 2 fully saturated rings. The molecule has 1 saturated carbocycles. The smallest absolute Gasteiger partial charge is 0.232 e. The fourth-order valence-electron chi connectivity index (χ4n) is 3.74. The molecule has 1 atom stereocenters. The van der Waals surface area contributed by atoms with Crippen LogP contribution >= 0.6 is 0 Å². The second-order valence-electron chi connectivity index (χ2n) is 6.64. The van der Waals surface area contributed by atoms with Crippen molar-refractivity contribution >= 4 is 5.91 Å². The summed E-state index contributed by atoms with van der Waals surface area (Å²) in [5.41, 5.74) is 0.581. The highest BCUT2D eigenvalue weighted by molar-refractivity contribution is 5.79. The number of hydrogen-bond acceptors (Lipinski definition) is 6. The minimum absolute atomic E-state index is 0.0151. The van der Waals surface area contributed by atoms with Crippen LogP contribution in [0.25, 0.3) is 11.5 Å². The van der Waals surface area contributed by atoms with Gasteiger partial charge in [-0.15, -0.1) is 0 Å². The molecule has 0 N–H and O–H groups in total. The van der Waals surface area contributed by atoms with Gasteiger partial charge in [-0.25, -0.2) is 4.98 Å². The minimum atomic E-state index is -0.0151. The van der Waals surface area contributed by atoms with Crippen molar-refractivity contribution in [1.29, 1.82) is 0 Å². The molecule has 126 valence electrons.